The van der Waals surface area contributed by atoms with Crippen molar-refractivity contribution in [2.24, 2.45) is 5.92 Å². The molecule has 0 saturated heterocycles. The maximum Gasteiger partial charge on any atom is 0.316 e. The highest BCUT2D eigenvalue weighted by Crippen LogP contribution is 2.53. The Balaban J connectivity index is 1.97. The van der Waals surface area contributed by atoms with E-state index in [1.165, 1.54) is 28.3 Å². The van der Waals surface area contributed by atoms with Crippen molar-refractivity contribution in [3.8, 4) is 34.5 Å². The van der Waals surface area contributed by atoms with Crippen molar-refractivity contribution in [3.05, 3.63) is 35.4 Å². The van der Waals surface area contributed by atoms with E-state index in [0.717, 1.165) is 0 Å². The minimum atomic E-state index is -1.86. The van der Waals surface area contributed by atoms with Crippen molar-refractivity contribution in [2.75, 3.05) is 34.7 Å². The summed E-state index contributed by atoms with van der Waals surface area (Å²) in [6, 6.07) is 6.90. The second-order valence-electron chi connectivity index (χ2n) is 7.57. The number of fused-ring (bicyclic) bond motifs is 2. The van der Waals surface area contributed by atoms with Gasteiger partial charge in [-0.3, -0.25) is 4.79 Å². The zero-order valence-corrected chi connectivity index (χ0v) is 18.6. The molecular weight excluding hydrogens is 420 g/mol. The number of benzene rings is 2. The average molecular weight is 446 g/mol. The number of esters is 1. The van der Waals surface area contributed by atoms with Crippen molar-refractivity contribution in [2.45, 2.75) is 25.6 Å². The predicted octanol–water partition coefficient (Wildman–Crippen LogP) is 2.85. The van der Waals surface area contributed by atoms with Crippen LogP contribution in [0.25, 0.3) is 0 Å². The minimum Gasteiger partial charge on any atom is -0.493 e. The summed E-state index contributed by atoms with van der Waals surface area (Å²) in [5, 5.41) is 11.2. The van der Waals surface area contributed by atoms with E-state index in [1.54, 1.807) is 31.2 Å². The van der Waals surface area contributed by atoms with Gasteiger partial charge in [0.25, 0.3) is 0 Å². The van der Waals surface area contributed by atoms with Crippen LogP contribution in [0.1, 0.15) is 30.9 Å². The molecule has 0 saturated carbocycles. The van der Waals surface area contributed by atoms with Crippen LogP contribution in [0.2, 0.25) is 0 Å². The summed E-state index contributed by atoms with van der Waals surface area (Å²) >= 11 is 0. The molecule has 4 rings (SSSR count). The molecule has 2 aliphatic heterocycles. The van der Waals surface area contributed by atoms with Gasteiger partial charge in [0.05, 0.1) is 27.9 Å². The Bertz CT molecular complexity index is 1010. The second kappa shape index (κ2) is 8.31. The third-order valence-electron chi connectivity index (χ3n) is 5.65. The summed E-state index contributed by atoms with van der Waals surface area (Å²) in [4.78, 5) is 13.1. The maximum absolute atomic E-state index is 13.1. The lowest BCUT2D eigenvalue weighted by Gasteiger charge is -2.42. The van der Waals surface area contributed by atoms with Gasteiger partial charge >= 0.3 is 5.97 Å². The Morgan fingerprint density at radius 1 is 1.03 bits per heavy atom. The minimum absolute atomic E-state index is 0.0742. The Kier molecular flexibility index (Phi) is 5.68. The molecule has 0 aromatic heterocycles. The van der Waals surface area contributed by atoms with Gasteiger partial charge in [0.1, 0.15) is 11.7 Å². The van der Waals surface area contributed by atoms with Crippen molar-refractivity contribution >= 4 is 5.97 Å². The normalized spacial score (nSPS) is 23.1. The van der Waals surface area contributed by atoms with E-state index in [1.807, 2.05) is 0 Å². The third-order valence-corrected chi connectivity index (χ3v) is 5.65. The monoisotopic (exact) mass is 446 g/mol. The van der Waals surface area contributed by atoms with Crippen molar-refractivity contribution in [1.82, 2.24) is 0 Å². The summed E-state index contributed by atoms with van der Waals surface area (Å²) in [6.45, 7) is 3.37. The van der Waals surface area contributed by atoms with Gasteiger partial charge in [0.15, 0.2) is 23.0 Å². The van der Waals surface area contributed by atoms with E-state index in [4.69, 9.17) is 33.2 Å². The molecule has 0 radical (unpaired) electrons. The van der Waals surface area contributed by atoms with Crippen LogP contribution in [0.3, 0.4) is 0 Å². The molecule has 9 nitrogen and oxygen atoms in total. The number of methoxy groups -OCH3 is 3. The topological polar surface area (TPSA) is 102 Å². The lowest BCUT2D eigenvalue weighted by Crippen LogP contribution is -2.51. The van der Waals surface area contributed by atoms with Crippen molar-refractivity contribution < 1.29 is 43.1 Å². The van der Waals surface area contributed by atoms with E-state index in [-0.39, 0.29) is 13.4 Å². The Labute approximate surface area is 185 Å². The molecule has 0 fully saturated rings. The first-order chi connectivity index (χ1) is 15.3. The molecule has 2 aromatic carbocycles. The average Bonchev–Trinajstić information content (AvgIpc) is 3.22. The fourth-order valence-corrected chi connectivity index (χ4v) is 4.29. The molecule has 32 heavy (non-hydrogen) atoms. The van der Waals surface area contributed by atoms with Crippen LogP contribution in [0.4, 0.5) is 0 Å². The lowest BCUT2D eigenvalue weighted by atomic mass is 9.74. The Morgan fingerprint density at radius 3 is 2.22 bits per heavy atom. The lowest BCUT2D eigenvalue weighted by molar-refractivity contribution is -0.198. The fourth-order valence-electron chi connectivity index (χ4n) is 4.29. The van der Waals surface area contributed by atoms with E-state index in [0.29, 0.717) is 45.6 Å². The zero-order valence-electron chi connectivity index (χ0n) is 18.6. The highest BCUT2D eigenvalue weighted by Gasteiger charge is 2.52. The van der Waals surface area contributed by atoms with Crippen LogP contribution in [-0.4, -0.2) is 51.6 Å². The summed E-state index contributed by atoms with van der Waals surface area (Å²) < 4.78 is 38.6. The van der Waals surface area contributed by atoms with Crippen LogP contribution in [0.15, 0.2) is 24.3 Å². The number of ether oxygens (including phenoxy) is 7. The summed E-state index contributed by atoms with van der Waals surface area (Å²) in [5.74, 6) is -1.58. The number of carbonyl (C=O) groups excluding carboxylic acids is 1. The first kappa shape index (κ1) is 21.9. The predicted molar refractivity (Wildman–Crippen MR) is 112 cm³/mol. The number of carbonyl (C=O) groups is 1. The molecular formula is C23H26O9. The van der Waals surface area contributed by atoms with E-state index in [9.17, 15) is 9.90 Å². The molecule has 0 amide bonds. The third kappa shape index (κ3) is 3.52. The summed E-state index contributed by atoms with van der Waals surface area (Å²) in [5.41, 5.74) is 1.27. The fraction of sp³-hybridized carbons (Fsp3) is 0.435. The van der Waals surface area contributed by atoms with Crippen LogP contribution < -0.4 is 28.4 Å². The van der Waals surface area contributed by atoms with Crippen LogP contribution in [-0.2, 0) is 9.53 Å². The second-order valence-corrected chi connectivity index (χ2v) is 7.57. The number of aliphatic hydroxyl groups is 1. The molecule has 2 aromatic rings. The van der Waals surface area contributed by atoms with E-state index in [2.05, 4.69) is 0 Å². The van der Waals surface area contributed by atoms with E-state index < -0.39 is 23.6 Å². The molecule has 9 heteroatoms. The molecule has 3 atom stereocenters. The smallest absolute Gasteiger partial charge is 0.316 e. The van der Waals surface area contributed by atoms with Gasteiger partial charge in [-0.25, -0.2) is 0 Å². The SMILES string of the molecule is CCOC(=O)[C@@H]1[C@@H](c2cc(OC)c(OC)c(OC)c2)c2cc3c(cc2O[C@@]1(C)O)OCO3. The van der Waals surface area contributed by atoms with Gasteiger partial charge in [-0.05, 0) is 30.7 Å². The van der Waals surface area contributed by atoms with Gasteiger partial charge < -0.3 is 38.3 Å². The first-order valence-electron chi connectivity index (χ1n) is 10.2. The van der Waals surface area contributed by atoms with Crippen LogP contribution in [0.5, 0.6) is 34.5 Å². The molecule has 1 N–H and O–H groups in total. The van der Waals surface area contributed by atoms with Gasteiger partial charge in [0, 0.05) is 24.5 Å². The van der Waals surface area contributed by atoms with Crippen molar-refractivity contribution in [3.63, 3.8) is 0 Å². The van der Waals surface area contributed by atoms with Gasteiger partial charge in [-0.2, -0.15) is 0 Å². The quantitative estimate of drug-likeness (QED) is 0.671. The van der Waals surface area contributed by atoms with Crippen molar-refractivity contribution in [1.29, 1.82) is 0 Å². The van der Waals surface area contributed by atoms with Crippen LogP contribution in [0, 0.1) is 5.92 Å². The molecule has 2 heterocycles. The molecule has 172 valence electrons. The van der Waals surface area contributed by atoms with Crippen LogP contribution >= 0.6 is 0 Å². The number of hydrogen-bond donors (Lipinski definition) is 1. The first-order valence-corrected chi connectivity index (χ1v) is 10.2. The zero-order chi connectivity index (χ0) is 23.0. The van der Waals surface area contributed by atoms with Gasteiger partial charge in [-0.1, -0.05) is 0 Å². The summed E-state index contributed by atoms with van der Waals surface area (Å²) in [7, 11) is 4.53. The van der Waals surface area contributed by atoms with E-state index >= 15 is 0 Å². The molecule has 0 aliphatic carbocycles. The Hall–Kier alpha value is -3.33. The maximum atomic E-state index is 13.1. The highest BCUT2D eigenvalue weighted by atomic mass is 16.7. The molecule has 2 aliphatic rings. The van der Waals surface area contributed by atoms with Gasteiger partial charge in [0.2, 0.25) is 18.3 Å². The largest absolute Gasteiger partial charge is 0.493 e. The van der Waals surface area contributed by atoms with Gasteiger partial charge in [-0.15, -0.1) is 0 Å². The molecule has 0 bridgehead atoms. The molecule has 0 spiro atoms. The molecule has 0 unspecified atom stereocenters. The highest BCUT2D eigenvalue weighted by molar-refractivity contribution is 5.78. The standard InChI is InChI=1S/C23H26O9/c1-6-29-22(24)20-19(12-7-17(26-3)21(28-5)18(8-12)27-4)13-9-15-16(31-11-30-15)10-14(13)32-23(20,2)25/h7-10,19-20,25H,6,11H2,1-5H3/t19-,20-,23+/m0/s1. The Morgan fingerprint density at radius 2 is 1.66 bits per heavy atom. The number of hydrogen-bond acceptors (Lipinski definition) is 9. The summed E-state index contributed by atoms with van der Waals surface area (Å²) in [6.07, 6.45) is 0. The number of rotatable bonds is 6.